The van der Waals surface area contributed by atoms with E-state index < -0.39 is 22.9 Å². The van der Waals surface area contributed by atoms with Crippen molar-refractivity contribution in [1.82, 2.24) is 24.9 Å². The SMILES string of the molecule is C[C@H](CNC(=O)[C@@H]1CN(C(=O)c2cnn(Cc3ccccc3C(=O)OC(C)(C)C)c2)CC12CN(C(=O)[C@H]1CC1(C)C)C2)OCC1CCC2(CCC2)CC1. The molecular weight excluding hydrogens is 670 g/mol. The van der Waals surface area contributed by atoms with E-state index in [-0.39, 0.29) is 48.2 Å². The Morgan fingerprint density at radius 1 is 0.981 bits per heavy atom. The van der Waals surface area contributed by atoms with E-state index in [1.165, 1.54) is 44.9 Å². The first-order valence-electron chi connectivity index (χ1n) is 19.9. The Balaban J connectivity index is 0.979. The Labute approximate surface area is 314 Å². The Morgan fingerprint density at radius 2 is 1.66 bits per heavy atom. The fourth-order valence-corrected chi connectivity index (χ4v) is 9.25. The number of hydrogen-bond donors (Lipinski definition) is 1. The zero-order chi connectivity index (χ0) is 37.8. The van der Waals surface area contributed by atoms with Crippen molar-refractivity contribution in [2.75, 3.05) is 39.3 Å². The molecule has 1 N–H and O–H groups in total. The number of nitrogens with zero attached hydrogens (tertiary/aromatic N) is 4. The summed E-state index contributed by atoms with van der Waals surface area (Å²) in [5, 5.41) is 7.62. The molecule has 53 heavy (non-hydrogen) atoms. The zero-order valence-corrected chi connectivity index (χ0v) is 32.6. The number of ether oxygens (including phenoxy) is 2. The van der Waals surface area contributed by atoms with Crippen molar-refractivity contribution in [3.8, 4) is 0 Å². The summed E-state index contributed by atoms with van der Waals surface area (Å²) in [4.78, 5) is 57.8. The number of esters is 1. The van der Waals surface area contributed by atoms with Gasteiger partial charge in [0.2, 0.25) is 11.8 Å². The minimum absolute atomic E-state index is 0.0221. The molecule has 1 aromatic carbocycles. The Hall–Kier alpha value is -3.73. The number of benzene rings is 1. The van der Waals surface area contributed by atoms with Gasteiger partial charge in [-0.3, -0.25) is 19.1 Å². The maximum Gasteiger partial charge on any atom is 0.338 e. The van der Waals surface area contributed by atoms with E-state index in [9.17, 15) is 19.2 Å². The average molecular weight is 730 g/mol. The molecule has 7 rings (SSSR count). The van der Waals surface area contributed by atoms with Gasteiger partial charge in [-0.15, -0.1) is 0 Å². The molecule has 2 spiro atoms. The van der Waals surface area contributed by atoms with Gasteiger partial charge in [-0.1, -0.05) is 38.5 Å². The van der Waals surface area contributed by atoms with Crippen LogP contribution in [-0.4, -0.2) is 94.3 Å². The standard InChI is InChI=1S/C42H59N5O6/c1-28(52-24-29-12-16-41(17-13-29)14-9-15-41)19-43-35(48)34-23-45(25-42(34)26-46(27-42)37(50)33-18-40(33,5)6)36(49)31-20-44-47(22-31)21-30-10-7-8-11-32(30)38(51)53-39(2,3)4/h7-8,10-11,20,22,28-29,33-34H,9,12-19,21,23-27H2,1-6H3,(H,43,48)/t28-,33-,34+/m1/s1. The van der Waals surface area contributed by atoms with Crippen LogP contribution in [0.4, 0.5) is 0 Å². The minimum atomic E-state index is -0.629. The summed E-state index contributed by atoms with van der Waals surface area (Å²) in [6, 6.07) is 7.25. The van der Waals surface area contributed by atoms with Gasteiger partial charge in [-0.25, -0.2) is 4.79 Å². The molecule has 1 aromatic heterocycles. The van der Waals surface area contributed by atoms with Crippen molar-refractivity contribution in [2.45, 2.75) is 111 Å². The molecular formula is C42H59N5O6. The summed E-state index contributed by atoms with van der Waals surface area (Å²) in [6.45, 7) is 14.8. The van der Waals surface area contributed by atoms with Gasteiger partial charge in [0.1, 0.15) is 5.60 Å². The minimum Gasteiger partial charge on any atom is -0.456 e. The Bertz CT molecular complexity index is 1710. The second-order valence-corrected chi connectivity index (χ2v) is 18.8. The first kappa shape index (κ1) is 37.6. The van der Waals surface area contributed by atoms with Crippen LogP contribution >= 0.6 is 0 Å². The molecule has 0 radical (unpaired) electrons. The summed E-state index contributed by atoms with van der Waals surface area (Å²) >= 11 is 0. The van der Waals surface area contributed by atoms with E-state index in [4.69, 9.17) is 9.47 Å². The highest BCUT2D eigenvalue weighted by Gasteiger charge is 2.61. The second kappa shape index (κ2) is 14.2. The molecule has 3 atom stereocenters. The van der Waals surface area contributed by atoms with E-state index in [2.05, 4.69) is 24.3 Å². The number of aromatic nitrogens is 2. The molecule has 2 saturated heterocycles. The molecule has 0 bridgehead atoms. The first-order valence-corrected chi connectivity index (χ1v) is 19.9. The fraction of sp³-hybridized carbons (Fsp3) is 0.690. The maximum atomic E-state index is 14.0. The molecule has 3 amide bonds. The molecule has 2 aromatic rings. The van der Waals surface area contributed by atoms with Gasteiger partial charge in [0.05, 0.1) is 35.9 Å². The van der Waals surface area contributed by atoms with Crippen LogP contribution in [0.1, 0.15) is 119 Å². The van der Waals surface area contributed by atoms with Crippen molar-refractivity contribution in [1.29, 1.82) is 0 Å². The van der Waals surface area contributed by atoms with Crippen LogP contribution in [0.15, 0.2) is 36.7 Å². The number of carbonyl (C=O) groups is 4. The predicted molar refractivity (Wildman–Crippen MR) is 200 cm³/mol. The predicted octanol–water partition coefficient (Wildman–Crippen LogP) is 5.72. The van der Waals surface area contributed by atoms with E-state index in [1.54, 1.807) is 34.1 Å². The summed E-state index contributed by atoms with van der Waals surface area (Å²) in [5.74, 6) is -0.363. The van der Waals surface area contributed by atoms with Crippen LogP contribution in [0.3, 0.4) is 0 Å². The summed E-state index contributed by atoms with van der Waals surface area (Å²) in [6.07, 6.45) is 13.3. The van der Waals surface area contributed by atoms with Crippen molar-refractivity contribution in [3.05, 3.63) is 53.3 Å². The Morgan fingerprint density at radius 3 is 2.30 bits per heavy atom. The number of rotatable bonds is 11. The van der Waals surface area contributed by atoms with Crippen LogP contribution < -0.4 is 5.32 Å². The zero-order valence-electron chi connectivity index (χ0n) is 32.6. The smallest absolute Gasteiger partial charge is 0.338 e. The van der Waals surface area contributed by atoms with Gasteiger partial charge < -0.3 is 24.6 Å². The normalized spacial score (nSPS) is 24.7. The third-order valence-electron chi connectivity index (χ3n) is 13.0. The van der Waals surface area contributed by atoms with Gasteiger partial charge in [-0.05, 0) is 101 Å². The summed E-state index contributed by atoms with van der Waals surface area (Å²) in [5.41, 5.74) is 1.13. The monoisotopic (exact) mass is 729 g/mol. The summed E-state index contributed by atoms with van der Waals surface area (Å²) in [7, 11) is 0. The van der Waals surface area contributed by atoms with E-state index >= 15 is 0 Å². The molecule has 2 aliphatic heterocycles. The molecule has 0 unspecified atom stereocenters. The van der Waals surface area contributed by atoms with Crippen LogP contribution in [0.25, 0.3) is 0 Å². The number of amides is 3. The van der Waals surface area contributed by atoms with Gasteiger partial charge in [0.25, 0.3) is 5.91 Å². The van der Waals surface area contributed by atoms with E-state index in [0.29, 0.717) is 48.6 Å². The third-order valence-corrected chi connectivity index (χ3v) is 13.0. The molecule has 5 fully saturated rings. The molecule has 3 saturated carbocycles. The van der Waals surface area contributed by atoms with Gasteiger partial charge in [0, 0.05) is 56.9 Å². The van der Waals surface area contributed by atoms with Crippen LogP contribution in [-0.2, 0) is 25.6 Å². The van der Waals surface area contributed by atoms with Crippen molar-refractivity contribution < 1.29 is 28.7 Å². The van der Waals surface area contributed by atoms with Crippen molar-refractivity contribution in [2.24, 2.45) is 34.0 Å². The second-order valence-electron chi connectivity index (χ2n) is 18.8. The number of carbonyl (C=O) groups excluding carboxylic acids is 4. The summed E-state index contributed by atoms with van der Waals surface area (Å²) < 4.78 is 13.5. The van der Waals surface area contributed by atoms with Crippen molar-refractivity contribution in [3.63, 3.8) is 0 Å². The number of likely N-dealkylation sites (tertiary alicyclic amines) is 2. The fourth-order valence-electron chi connectivity index (χ4n) is 9.25. The average Bonchev–Trinajstić information content (AvgIpc) is 3.39. The molecule has 5 aliphatic rings. The first-order chi connectivity index (χ1) is 25.1. The lowest BCUT2D eigenvalue weighted by Crippen LogP contribution is -2.64. The van der Waals surface area contributed by atoms with Crippen LogP contribution in [0.2, 0.25) is 0 Å². The van der Waals surface area contributed by atoms with E-state index in [0.717, 1.165) is 18.6 Å². The largest absolute Gasteiger partial charge is 0.456 e. The lowest BCUT2D eigenvalue weighted by atomic mass is 9.59. The number of nitrogens with one attached hydrogen (secondary N) is 1. The van der Waals surface area contributed by atoms with Crippen LogP contribution in [0, 0.1) is 34.0 Å². The van der Waals surface area contributed by atoms with E-state index in [1.807, 2.05) is 44.7 Å². The lowest BCUT2D eigenvalue weighted by Gasteiger charge is -2.50. The van der Waals surface area contributed by atoms with Gasteiger partial charge in [0.15, 0.2) is 0 Å². The Kier molecular flexibility index (Phi) is 10.0. The number of hydrogen-bond acceptors (Lipinski definition) is 7. The third kappa shape index (κ3) is 8.05. The molecule has 288 valence electrons. The highest BCUT2D eigenvalue weighted by Crippen LogP contribution is 2.55. The molecule has 3 heterocycles. The topological polar surface area (TPSA) is 123 Å². The quantitative estimate of drug-likeness (QED) is 0.294. The van der Waals surface area contributed by atoms with Gasteiger partial charge in [-0.2, -0.15) is 5.10 Å². The highest BCUT2D eigenvalue weighted by molar-refractivity contribution is 5.95. The van der Waals surface area contributed by atoms with Crippen molar-refractivity contribution >= 4 is 23.7 Å². The molecule has 11 nitrogen and oxygen atoms in total. The van der Waals surface area contributed by atoms with Gasteiger partial charge >= 0.3 is 5.97 Å². The highest BCUT2D eigenvalue weighted by atomic mass is 16.6. The maximum absolute atomic E-state index is 14.0. The molecule has 11 heteroatoms. The van der Waals surface area contributed by atoms with Crippen LogP contribution in [0.5, 0.6) is 0 Å². The lowest BCUT2D eigenvalue weighted by molar-refractivity contribution is -0.151. The molecule has 3 aliphatic carbocycles.